The smallest absolute Gasteiger partial charge is 0.00922 e. The first kappa shape index (κ1) is 37.6. The Balaban J connectivity index is 0.000000140. The first-order valence-corrected chi connectivity index (χ1v) is 20.0. The van der Waals surface area contributed by atoms with E-state index in [-0.39, 0.29) is 0 Å². The molecule has 0 aliphatic heterocycles. The van der Waals surface area contributed by atoms with Crippen LogP contribution in [0.1, 0.15) is 76.6 Å². The number of rotatable bonds is 4. The van der Waals surface area contributed by atoms with E-state index in [1.165, 1.54) is 102 Å². The minimum Gasteiger partial charge on any atom is -0.0836 e. The number of allylic oxidation sites excluding steroid dienone is 8. The number of hydrogen-bond donors (Lipinski definition) is 0. The lowest BCUT2D eigenvalue weighted by molar-refractivity contribution is 0.822. The van der Waals surface area contributed by atoms with Crippen LogP contribution in [0.3, 0.4) is 0 Å². The molecule has 9 rings (SSSR count). The van der Waals surface area contributed by atoms with Crippen molar-refractivity contribution < 1.29 is 0 Å². The molecule has 6 aromatic rings. The Morgan fingerprint density at radius 1 is 0.491 bits per heavy atom. The number of aryl methyl sites for hydroxylation is 5. The van der Waals surface area contributed by atoms with Crippen LogP contribution >= 0.6 is 0 Å². The molecule has 0 amide bonds. The van der Waals surface area contributed by atoms with E-state index in [1.54, 1.807) is 5.57 Å². The zero-order chi connectivity index (χ0) is 38.3. The lowest BCUT2D eigenvalue weighted by atomic mass is 9.87. The number of hydrogen-bond acceptors (Lipinski definition) is 0. The van der Waals surface area contributed by atoms with E-state index in [9.17, 15) is 0 Å². The molecule has 0 heterocycles. The predicted molar refractivity (Wildman–Crippen MR) is 239 cm³/mol. The molecule has 6 aromatic carbocycles. The van der Waals surface area contributed by atoms with Gasteiger partial charge in [-0.1, -0.05) is 180 Å². The monoisotopic (exact) mass is 714 g/mol. The largest absolute Gasteiger partial charge is 0.0836 e. The van der Waals surface area contributed by atoms with E-state index in [4.69, 9.17) is 0 Å². The van der Waals surface area contributed by atoms with Crippen molar-refractivity contribution in [3.63, 3.8) is 0 Å². The second-order valence-corrected chi connectivity index (χ2v) is 15.6. The molecular weight excluding hydrogens is 661 g/mol. The van der Waals surface area contributed by atoms with Crippen molar-refractivity contribution in [3.8, 4) is 33.4 Å². The van der Waals surface area contributed by atoms with Crippen LogP contribution in [-0.4, -0.2) is 0 Å². The minimum atomic E-state index is 0.598. The van der Waals surface area contributed by atoms with E-state index in [2.05, 4.69) is 199 Å². The summed E-state index contributed by atoms with van der Waals surface area (Å²) in [4.78, 5) is 0. The van der Waals surface area contributed by atoms with Gasteiger partial charge in [0.1, 0.15) is 0 Å². The van der Waals surface area contributed by atoms with Crippen molar-refractivity contribution >= 4 is 5.57 Å². The fraction of sp³-hybridized carbons (Fsp3) is 0.200. The van der Waals surface area contributed by atoms with Gasteiger partial charge in [0, 0.05) is 5.92 Å². The number of fused-ring (bicyclic) bond motifs is 3. The van der Waals surface area contributed by atoms with Crippen LogP contribution in [0.25, 0.3) is 39.0 Å². The van der Waals surface area contributed by atoms with Crippen molar-refractivity contribution in [1.29, 1.82) is 0 Å². The molecular formula is C55H54. The van der Waals surface area contributed by atoms with E-state index < -0.39 is 0 Å². The molecule has 3 aliphatic rings. The molecule has 0 aromatic heterocycles. The molecule has 3 aliphatic carbocycles. The Morgan fingerprint density at radius 2 is 1.13 bits per heavy atom. The second-order valence-electron chi connectivity index (χ2n) is 15.6. The van der Waals surface area contributed by atoms with E-state index in [0.29, 0.717) is 5.92 Å². The molecule has 0 spiro atoms. The van der Waals surface area contributed by atoms with Gasteiger partial charge >= 0.3 is 0 Å². The van der Waals surface area contributed by atoms with Crippen molar-refractivity contribution in [1.82, 2.24) is 0 Å². The maximum atomic E-state index is 2.45. The van der Waals surface area contributed by atoms with Gasteiger partial charge in [0.25, 0.3) is 0 Å². The standard InChI is InChI=1S/C27H26.C15H16.C13H12/c1-18-7-3-5-9-24(18)26-16-20(12-11-19(26)2)21-13-14-23-15-22-8-4-6-10-25(22)27(23)17-21;1-11-8-9-13(3)15(10-11)14-7-5-4-6-12(14)2;1-11-7-9-13(10-8-11)12-5-3-2-4-6-12/h4-6,8-9,11-14,16-17,25H,3,7,10,15H2,1-2H3;4-10H,1-3H3;2-10H,1H3. The maximum absolute atomic E-state index is 2.45. The first-order chi connectivity index (χ1) is 26.7. The van der Waals surface area contributed by atoms with Gasteiger partial charge in [0.15, 0.2) is 0 Å². The maximum Gasteiger partial charge on any atom is 0.00922 e. The molecule has 0 heteroatoms. The van der Waals surface area contributed by atoms with Gasteiger partial charge in [0.2, 0.25) is 0 Å². The Kier molecular flexibility index (Phi) is 11.7. The molecule has 55 heavy (non-hydrogen) atoms. The highest BCUT2D eigenvalue weighted by Crippen LogP contribution is 2.43. The van der Waals surface area contributed by atoms with Gasteiger partial charge in [-0.3, -0.25) is 0 Å². The molecule has 1 atom stereocenters. The summed E-state index contributed by atoms with van der Waals surface area (Å²) in [6.07, 6.45) is 16.1. The van der Waals surface area contributed by atoms with Crippen LogP contribution < -0.4 is 0 Å². The molecule has 1 unspecified atom stereocenters. The highest BCUT2D eigenvalue weighted by Gasteiger charge is 2.27. The minimum absolute atomic E-state index is 0.598. The highest BCUT2D eigenvalue weighted by atomic mass is 14.3. The molecule has 0 radical (unpaired) electrons. The van der Waals surface area contributed by atoms with Crippen LogP contribution in [0.4, 0.5) is 0 Å². The number of benzene rings is 6. The van der Waals surface area contributed by atoms with Gasteiger partial charge in [-0.2, -0.15) is 0 Å². The quantitative estimate of drug-likeness (QED) is 0.171. The van der Waals surface area contributed by atoms with Crippen LogP contribution in [0, 0.1) is 34.6 Å². The SMILES string of the molecule is CC1=C(c2cc(-c3ccc4c(c3)C3CC=CC=C3C4)ccc2C)C=CCC1.Cc1ccc(-c2ccccc2)cc1.Cc1ccc(C)c(-c2ccccc2C)c1. The Hall–Kier alpha value is -5.72. The summed E-state index contributed by atoms with van der Waals surface area (Å²) in [5.74, 6) is 0.598. The Morgan fingerprint density at radius 3 is 1.91 bits per heavy atom. The Labute approximate surface area is 330 Å². The van der Waals surface area contributed by atoms with E-state index in [0.717, 1.165) is 12.8 Å². The lowest BCUT2D eigenvalue weighted by Crippen LogP contribution is -1.98. The summed E-state index contributed by atoms with van der Waals surface area (Å²) in [6, 6.07) is 48.3. The topological polar surface area (TPSA) is 0 Å². The summed E-state index contributed by atoms with van der Waals surface area (Å²) in [5.41, 5.74) is 23.6. The summed E-state index contributed by atoms with van der Waals surface area (Å²) >= 11 is 0. The third kappa shape index (κ3) is 8.82. The van der Waals surface area contributed by atoms with E-state index in [1.807, 2.05) is 6.07 Å². The second kappa shape index (κ2) is 17.2. The summed E-state index contributed by atoms with van der Waals surface area (Å²) in [7, 11) is 0. The third-order valence-electron chi connectivity index (χ3n) is 11.5. The fourth-order valence-electron chi connectivity index (χ4n) is 8.13. The molecule has 0 saturated carbocycles. The van der Waals surface area contributed by atoms with Crippen LogP contribution in [0.15, 0.2) is 175 Å². The zero-order valence-corrected chi connectivity index (χ0v) is 33.5. The van der Waals surface area contributed by atoms with Crippen LogP contribution in [0.5, 0.6) is 0 Å². The van der Waals surface area contributed by atoms with E-state index >= 15 is 0 Å². The molecule has 0 saturated heterocycles. The molecule has 0 bridgehead atoms. The Bertz CT molecular complexity index is 2410. The van der Waals surface area contributed by atoms with Crippen molar-refractivity contribution in [2.75, 3.05) is 0 Å². The molecule has 0 N–H and O–H groups in total. The van der Waals surface area contributed by atoms with Crippen LogP contribution in [0.2, 0.25) is 0 Å². The van der Waals surface area contributed by atoms with Gasteiger partial charge in [-0.15, -0.1) is 0 Å². The molecule has 274 valence electrons. The summed E-state index contributed by atoms with van der Waals surface area (Å²) < 4.78 is 0. The fourth-order valence-corrected chi connectivity index (χ4v) is 8.13. The zero-order valence-electron chi connectivity index (χ0n) is 33.5. The summed E-state index contributed by atoms with van der Waals surface area (Å²) in [5, 5.41) is 0. The normalized spacial score (nSPS) is 15.2. The first-order valence-electron chi connectivity index (χ1n) is 20.0. The van der Waals surface area contributed by atoms with Crippen molar-refractivity contribution in [2.45, 2.75) is 73.1 Å². The van der Waals surface area contributed by atoms with Gasteiger partial charge in [-0.25, -0.2) is 0 Å². The predicted octanol–water partition coefficient (Wildman–Crippen LogP) is 15.3. The van der Waals surface area contributed by atoms with Gasteiger partial charge in [0.05, 0.1) is 0 Å². The molecule has 0 nitrogen and oxygen atoms in total. The lowest BCUT2D eigenvalue weighted by Gasteiger charge is -2.17. The average molecular weight is 715 g/mol. The average Bonchev–Trinajstić information content (AvgIpc) is 3.59. The third-order valence-corrected chi connectivity index (χ3v) is 11.5. The van der Waals surface area contributed by atoms with Crippen LogP contribution in [-0.2, 0) is 6.42 Å². The summed E-state index contributed by atoms with van der Waals surface area (Å²) in [6.45, 7) is 13.1. The molecule has 0 fully saturated rings. The van der Waals surface area contributed by atoms with Gasteiger partial charge in [-0.05, 0) is 146 Å². The highest BCUT2D eigenvalue weighted by molar-refractivity contribution is 5.82. The van der Waals surface area contributed by atoms with Gasteiger partial charge < -0.3 is 0 Å². The van der Waals surface area contributed by atoms with Crippen molar-refractivity contribution in [2.24, 2.45) is 0 Å². The van der Waals surface area contributed by atoms with Crippen molar-refractivity contribution in [3.05, 3.63) is 219 Å².